The molecule has 112 valence electrons. The molecule has 1 unspecified atom stereocenters. The van der Waals surface area contributed by atoms with Crippen molar-refractivity contribution in [3.8, 4) is 0 Å². The van der Waals surface area contributed by atoms with Crippen LogP contribution in [-0.4, -0.2) is 40.4 Å². The molecule has 8 nitrogen and oxygen atoms in total. The molecule has 0 spiro atoms. The minimum absolute atomic E-state index is 0.0243. The molecular formula is C12H15N5O3S. The fourth-order valence-electron chi connectivity index (χ4n) is 2.73. The number of imidazole rings is 1. The molecule has 0 saturated carbocycles. The molecule has 9 heteroatoms. The first-order chi connectivity index (χ1) is 10.1. The molecule has 1 N–H and O–H groups in total. The molecule has 0 radical (unpaired) electrons. The smallest absolute Gasteiger partial charge is 0.359 e. The van der Waals surface area contributed by atoms with Crippen molar-refractivity contribution in [1.29, 1.82) is 0 Å². The van der Waals surface area contributed by atoms with Gasteiger partial charge >= 0.3 is 5.82 Å². The number of fused-ring (bicyclic) bond motifs is 1. The molecule has 1 aliphatic rings. The number of carbonyl (C=O) groups is 1. The number of thiazole rings is 1. The van der Waals surface area contributed by atoms with Crippen LogP contribution in [0.15, 0.2) is 11.6 Å². The van der Waals surface area contributed by atoms with Crippen LogP contribution in [0.3, 0.4) is 0 Å². The first-order valence-electron chi connectivity index (χ1n) is 6.68. The van der Waals surface area contributed by atoms with E-state index in [2.05, 4.69) is 10.3 Å². The zero-order valence-electron chi connectivity index (χ0n) is 11.5. The fourth-order valence-corrected chi connectivity index (χ4v) is 3.44. The minimum Gasteiger partial charge on any atom is -0.359 e. The van der Waals surface area contributed by atoms with Gasteiger partial charge in [0, 0.05) is 25.5 Å². The number of piperidine rings is 1. The average Bonchev–Trinajstić information content (AvgIpc) is 3.06. The Hall–Kier alpha value is -2.16. The second kappa shape index (κ2) is 5.32. The number of aromatic nitrogens is 2. The average molecular weight is 309 g/mol. The highest BCUT2D eigenvalue weighted by atomic mass is 32.1. The van der Waals surface area contributed by atoms with Gasteiger partial charge in [0.15, 0.2) is 0 Å². The van der Waals surface area contributed by atoms with Gasteiger partial charge in [0.25, 0.3) is 4.96 Å². The van der Waals surface area contributed by atoms with Crippen LogP contribution in [0.2, 0.25) is 0 Å². The molecular weight excluding hydrogens is 294 g/mol. The lowest BCUT2D eigenvalue weighted by molar-refractivity contribution is -0.389. The summed E-state index contributed by atoms with van der Waals surface area (Å²) in [6.45, 7) is 1.14. The lowest BCUT2D eigenvalue weighted by atomic mass is 9.97. The van der Waals surface area contributed by atoms with Gasteiger partial charge in [0.1, 0.15) is 6.20 Å². The van der Waals surface area contributed by atoms with Crippen molar-refractivity contribution in [1.82, 2.24) is 14.7 Å². The van der Waals surface area contributed by atoms with Crippen LogP contribution >= 0.6 is 11.3 Å². The van der Waals surface area contributed by atoms with Crippen LogP contribution in [0.25, 0.3) is 4.96 Å². The molecule has 2 aromatic heterocycles. The summed E-state index contributed by atoms with van der Waals surface area (Å²) in [6, 6.07) is 0. The number of hydrogen-bond donors (Lipinski definition) is 1. The van der Waals surface area contributed by atoms with Crippen molar-refractivity contribution in [3.05, 3.63) is 21.7 Å². The largest absolute Gasteiger partial charge is 0.373 e. The molecule has 1 aliphatic heterocycles. The van der Waals surface area contributed by atoms with E-state index in [1.165, 1.54) is 15.7 Å². The maximum Gasteiger partial charge on any atom is 0.373 e. The van der Waals surface area contributed by atoms with Gasteiger partial charge in [-0.25, -0.2) is 0 Å². The van der Waals surface area contributed by atoms with E-state index in [9.17, 15) is 14.9 Å². The van der Waals surface area contributed by atoms with Crippen LogP contribution in [0.4, 0.5) is 11.6 Å². The molecule has 1 fully saturated rings. The van der Waals surface area contributed by atoms with Gasteiger partial charge in [0.2, 0.25) is 11.7 Å². The maximum atomic E-state index is 11.8. The van der Waals surface area contributed by atoms with Crippen LogP contribution < -0.4 is 10.2 Å². The number of nitrogens with zero attached hydrogens (tertiary/aromatic N) is 4. The van der Waals surface area contributed by atoms with Crippen molar-refractivity contribution in [3.63, 3.8) is 0 Å². The minimum atomic E-state index is -0.411. The van der Waals surface area contributed by atoms with E-state index < -0.39 is 4.92 Å². The molecule has 3 rings (SSSR count). The predicted molar refractivity (Wildman–Crippen MR) is 78.7 cm³/mol. The fraction of sp³-hybridized carbons (Fsp3) is 0.500. The lowest BCUT2D eigenvalue weighted by Crippen LogP contribution is -2.42. The Bertz CT molecular complexity index is 694. The van der Waals surface area contributed by atoms with Crippen molar-refractivity contribution in [2.45, 2.75) is 12.8 Å². The van der Waals surface area contributed by atoms with E-state index in [4.69, 9.17) is 0 Å². The number of amides is 1. The molecule has 0 bridgehead atoms. The highest BCUT2D eigenvalue weighted by Gasteiger charge is 2.32. The van der Waals surface area contributed by atoms with Crippen LogP contribution in [0.5, 0.6) is 0 Å². The van der Waals surface area contributed by atoms with Gasteiger partial charge < -0.3 is 20.3 Å². The second-order valence-electron chi connectivity index (χ2n) is 4.97. The molecule has 21 heavy (non-hydrogen) atoms. The summed E-state index contributed by atoms with van der Waals surface area (Å²) < 4.78 is 1.49. The Morgan fingerprint density at radius 1 is 1.62 bits per heavy atom. The molecule has 0 aliphatic carbocycles. The van der Waals surface area contributed by atoms with Gasteiger partial charge in [0.05, 0.1) is 5.92 Å². The van der Waals surface area contributed by atoms with Crippen molar-refractivity contribution in [2.24, 2.45) is 5.92 Å². The Kier molecular flexibility index (Phi) is 3.50. The van der Waals surface area contributed by atoms with Crippen molar-refractivity contribution >= 4 is 33.8 Å². The van der Waals surface area contributed by atoms with E-state index in [0.717, 1.165) is 12.8 Å². The van der Waals surface area contributed by atoms with Gasteiger partial charge in [-0.05, 0) is 17.8 Å². The third-order valence-corrected chi connectivity index (χ3v) is 4.49. The summed E-state index contributed by atoms with van der Waals surface area (Å²) in [5, 5.41) is 15.8. The first kappa shape index (κ1) is 13.8. The quantitative estimate of drug-likeness (QED) is 0.680. The summed E-state index contributed by atoms with van der Waals surface area (Å²) in [5.74, 6) is 0.163. The van der Waals surface area contributed by atoms with Gasteiger partial charge in [-0.2, -0.15) is 9.38 Å². The zero-order chi connectivity index (χ0) is 15.0. The number of anilines is 1. The third-order valence-electron chi connectivity index (χ3n) is 3.73. The number of nitro groups is 1. The third kappa shape index (κ3) is 2.33. The molecule has 1 saturated heterocycles. The van der Waals surface area contributed by atoms with Crippen molar-refractivity contribution in [2.75, 3.05) is 25.0 Å². The number of rotatable bonds is 3. The van der Waals surface area contributed by atoms with E-state index >= 15 is 0 Å². The Morgan fingerprint density at radius 3 is 3.14 bits per heavy atom. The molecule has 2 aromatic rings. The number of nitrogens with one attached hydrogen (secondary N) is 1. The highest BCUT2D eigenvalue weighted by Crippen LogP contribution is 2.33. The Labute approximate surface area is 124 Å². The van der Waals surface area contributed by atoms with Crippen molar-refractivity contribution < 1.29 is 9.72 Å². The summed E-state index contributed by atoms with van der Waals surface area (Å²) in [6.07, 6.45) is 3.27. The van der Waals surface area contributed by atoms with Gasteiger partial charge in [-0.15, -0.1) is 0 Å². The van der Waals surface area contributed by atoms with E-state index in [-0.39, 0.29) is 17.6 Å². The monoisotopic (exact) mass is 309 g/mol. The SMILES string of the molecule is CNC(=O)C1CCCN(c2nc3sccn3c2[N+](=O)[O-])C1. The zero-order valence-corrected chi connectivity index (χ0v) is 12.3. The van der Waals surface area contributed by atoms with Gasteiger partial charge in [-0.3, -0.25) is 4.79 Å². The normalized spacial score (nSPS) is 18.9. The van der Waals surface area contributed by atoms with E-state index in [0.29, 0.717) is 23.9 Å². The second-order valence-corrected chi connectivity index (χ2v) is 5.84. The van der Waals surface area contributed by atoms with Crippen LogP contribution in [0.1, 0.15) is 12.8 Å². The van der Waals surface area contributed by atoms with Crippen LogP contribution in [-0.2, 0) is 4.79 Å². The van der Waals surface area contributed by atoms with Crippen LogP contribution in [0, 0.1) is 16.0 Å². The predicted octanol–water partition coefficient (Wildman–Crippen LogP) is 1.27. The Balaban J connectivity index is 1.96. The maximum absolute atomic E-state index is 11.8. The summed E-state index contributed by atoms with van der Waals surface area (Å²) in [5.41, 5.74) is 0. The highest BCUT2D eigenvalue weighted by molar-refractivity contribution is 7.15. The first-order valence-corrected chi connectivity index (χ1v) is 7.56. The Morgan fingerprint density at radius 2 is 2.43 bits per heavy atom. The summed E-state index contributed by atoms with van der Waals surface area (Å²) in [4.78, 5) is 29.5. The lowest BCUT2D eigenvalue weighted by Gasteiger charge is -2.31. The topological polar surface area (TPSA) is 92.8 Å². The van der Waals surface area contributed by atoms with E-state index in [1.54, 1.807) is 18.6 Å². The number of hydrogen-bond acceptors (Lipinski definition) is 6. The molecule has 0 aromatic carbocycles. The standard InChI is InChI=1S/C12H15N5O3S/c1-13-10(18)8-3-2-4-15(7-8)9-11(17(19)20)16-5-6-21-12(16)14-9/h5-6,8H,2-4,7H2,1H3,(H,13,18). The number of carbonyl (C=O) groups excluding carboxylic acids is 1. The summed E-state index contributed by atoms with van der Waals surface area (Å²) >= 11 is 1.36. The van der Waals surface area contributed by atoms with E-state index in [1.807, 2.05) is 4.90 Å². The molecule has 1 atom stereocenters. The van der Waals surface area contributed by atoms with Gasteiger partial charge in [-0.1, -0.05) is 11.3 Å². The molecule has 3 heterocycles. The summed E-state index contributed by atoms with van der Waals surface area (Å²) in [7, 11) is 1.61. The molecule has 1 amide bonds.